The summed E-state index contributed by atoms with van der Waals surface area (Å²) in [4.78, 5) is 17.1. The number of fused-ring (bicyclic) bond motifs is 1. The van der Waals surface area contributed by atoms with Gasteiger partial charge in [-0.2, -0.15) is 0 Å². The summed E-state index contributed by atoms with van der Waals surface area (Å²) in [6.45, 7) is 2.59. The molecule has 2 N–H and O–H groups in total. The molecule has 0 aliphatic heterocycles. The Hall–Kier alpha value is -1.59. The van der Waals surface area contributed by atoms with Crippen molar-refractivity contribution >= 4 is 35.3 Å². The molecule has 0 radical (unpaired) electrons. The molecule has 0 spiro atoms. The monoisotopic (exact) mass is 350 g/mol. The second-order valence-corrected chi connectivity index (χ2v) is 6.53. The molecule has 2 aromatic rings. The first kappa shape index (κ1) is 18.7. The number of hydrogen-bond donors (Lipinski definition) is 2. The van der Waals surface area contributed by atoms with E-state index in [9.17, 15) is 4.79 Å². The number of imidazole rings is 1. The van der Waals surface area contributed by atoms with Crippen molar-refractivity contribution in [3.63, 3.8) is 0 Å². The van der Waals surface area contributed by atoms with Crippen molar-refractivity contribution in [2.75, 3.05) is 18.9 Å². The number of carbonyl (C=O) groups excluding carboxylic acids is 1. The van der Waals surface area contributed by atoms with Crippen LogP contribution in [0.4, 0.5) is 5.95 Å². The zero-order valence-electron chi connectivity index (χ0n) is 14.4. The van der Waals surface area contributed by atoms with Crippen LogP contribution in [0, 0.1) is 5.92 Å². The number of para-hydroxylation sites is 2. The highest BCUT2D eigenvalue weighted by Crippen LogP contribution is 2.34. The van der Waals surface area contributed by atoms with Crippen molar-refractivity contribution in [3.05, 3.63) is 24.3 Å². The van der Waals surface area contributed by atoms with E-state index < -0.39 is 0 Å². The molecule has 6 heteroatoms. The summed E-state index contributed by atoms with van der Waals surface area (Å²) in [5, 5.41) is 6.11. The number of benzene rings is 1. The molecular weight excluding hydrogens is 324 g/mol. The van der Waals surface area contributed by atoms with Gasteiger partial charge in [0.05, 0.1) is 11.0 Å². The summed E-state index contributed by atoms with van der Waals surface area (Å²) < 4.78 is 2.25. The minimum Gasteiger partial charge on any atom is -0.319 e. The maximum atomic E-state index is 12.4. The van der Waals surface area contributed by atoms with Crippen molar-refractivity contribution in [1.29, 1.82) is 0 Å². The lowest BCUT2D eigenvalue weighted by Gasteiger charge is -2.25. The third kappa shape index (κ3) is 3.90. The fraction of sp³-hybridized carbons (Fsp3) is 0.556. The second-order valence-electron chi connectivity index (χ2n) is 6.53. The Labute approximate surface area is 149 Å². The van der Waals surface area contributed by atoms with Crippen molar-refractivity contribution in [2.24, 2.45) is 5.92 Å². The third-order valence-corrected chi connectivity index (χ3v) is 4.73. The van der Waals surface area contributed by atoms with Gasteiger partial charge in [-0.15, -0.1) is 12.4 Å². The van der Waals surface area contributed by atoms with E-state index in [1.165, 1.54) is 19.3 Å². The first-order valence-electron chi connectivity index (χ1n) is 8.63. The smallest absolute Gasteiger partial charge is 0.230 e. The van der Waals surface area contributed by atoms with Gasteiger partial charge >= 0.3 is 0 Å². The fourth-order valence-corrected chi connectivity index (χ4v) is 3.47. The Balaban J connectivity index is 0.00000208. The van der Waals surface area contributed by atoms with E-state index in [4.69, 9.17) is 0 Å². The van der Waals surface area contributed by atoms with Gasteiger partial charge in [-0.25, -0.2) is 4.98 Å². The maximum absolute atomic E-state index is 12.4. The van der Waals surface area contributed by atoms with E-state index in [1.54, 1.807) is 0 Å². The van der Waals surface area contributed by atoms with Gasteiger partial charge in [0.1, 0.15) is 0 Å². The first-order valence-corrected chi connectivity index (χ1v) is 8.63. The lowest BCUT2D eigenvalue weighted by atomic mass is 9.95. The molecule has 0 bridgehead atoms. The minimum atomic E-state index is -0.0837. The Kier molecular flexibility index (Phi) is 6.63. The number of aromatic nitrogens is 2. The van der Waals surface area contributed by atoms with Crippen LogP contribution < -0.4 is 10.6 Å². The van der Waals surface area contributed by atoms with Gasteiger partial charge in [0.25, 0.3) is 0 Å². The molecular formula is C18H27ClN4O. The van der Waals surface area contributed by atoms with Crippen LogP contribution in [0.2, 0.25) is 0 Å². The van der Waals surface area contributed by atoms with E-state index in [1.807, 2.05) is 32.2 Å². The summed E-state index contributed by atoms with van der Waals surface area (Å²) >= 11 is 0. The Bertz CT molecular complexity index is 679. The van der Waals surface area contributed by atoms with Crippen LogP contribution >= 0.6 is 12.4 Å². The predicted octanol–water partition coefficient (Wildman–Crippen LogP) is 3.76. The molecule has 1 heterocycles. The van der Waals surface area contributed by atoms with E-state index in [2.05, 4.69) is 26.3 Å². The minimum absolute atomic E-state index is 0. The normalized spacial score (nSPS) is 16.6. The van der Waals surface area contributed by atoms with Crippen LogP contribution in [0.15, 0.2) is 24.3 Å². The molecule has 1 amide bonds. The van der Waals surface area contributed by atoms with Gasteiger partial charge in [0.2, 0.25) is 11.9 Å². The summed E-state index contributed by atoms with van der Waals surface area (Å²) in [5.74, 6) is 0.636. The van der Waals surface area contributed by atoms with Gasteiger partial charge in [0, 0.05) is 18.5 Å². The Morgan fingerprint density at radius 1 is 1.29 bits per heavy atom. The third-order valence-electron chi connectivity index (χ3n) is 4.73. The lowest BCUT2D eigenvalue weighted by molar-refractivity contribution is -0.119. The van der Waals surface area contributed by atoms with Crippen molar-refractivity contribution in [2.45, 2.75) is 45.1 Å². The molecule has 1 aliphatic rings. The van der Waals surface area contributed by atoms with Gasteiger partial charge in [0.15, 0.2) is 0 Å². The molecule has 1 aromatic carbocycles. The zero-order chi connectivity index (χ0) is 16.2. The van der Waals surface area contributed by atoms with Crippen molar-refractivity contribution < 1.29 is 4.79 Å². The van der Waals surface area contributed by atoms with Gasteiger partial charge in [-0.1, -0.05) is 38.3 Å². The Morgan fingerprint density at radius 2 is 2.00 bits per heavy atom. The fourth-order valence-electron chi connectivity index (χ4n) is 3.47. The highest BCUT2D eigenvalue weighted by molar-refractivity contribution is 5.93. The van der Waals surface area contributed by atoms with Crippen LogP contribution in [0.3, 0.4) is 0 Å². The van der Waals surface area contributed by atoms with Gasteiger partial charge in [-0.05, 0) is 32.0 Å². The summed E-state index contributed by atoms with van der Waals surface area (Å²) in [6, 6.07) is 8.59. The number of rotatable bonds is 5. The molecule has 1 atom stereocenters. The molecule has 0 saturated heterocycles. The lowest BCUT2D eigenvalue weighted by Crippen LogP contribution is -2.30. The highest BCUT2D eigenvalue weighted by Gasteiger charge is 2.23. The number of nitrogens with one attached hydrogen (secondary N) is 2. The molecule has 5 nitrogen and oxygen atoms in total. The predicted molar refractivity (Wildman–Crippen MR) is 101 cm³/mol. The van der Waals surface area contributed by atoms with Crippen LogP contribution in [0.25, 0.3) is 11.0 Å². The molecule has 1 unspecified atom stereocenters. The number of carbonyl (C=O) groups is 1. The van der Waals surface area contributed by atoms with Crippen molar-refractivity contribution in [3.8, 4) is 0 Å². The van der Waals surface area contributed by atoms with Crippen LogP contribution in [0.5, 0.6) is 0 Å². The summed E-state index contributed by atoms with van der Waals surface area (Å²) in [6.07, 6.45) is 6.13. The molecule has 1 fully saturated rings. The molecule has 1 aromatic heterocycles. The van der Waals surface area contributed by atoms with Crippen LogP contribution in [-0.2, 0) is 4.79 Å². The number of nitrogens with zero attached hydrogens (tertiary/aromatic N) is 2. The quantitative estimate of drug-likeness (QED) is 0.863. The number of anilines is 1. The number of halogens is 1. The average molecular weight is 351 g/mol. The topological polar surface area (TPSA) is 59.0 Å². The first-order chi connectivity index (χ1) is 11.2. The SMILES string of the molecule is CNCC(C)C(=O)Nc1nc2ccccc2n1C1CCCCC1.Cl. The second kappa shape index (κ2) is 8.49. The van der Waals surface area contributed by atoms with Crippen LogP contribution in [0.1, 0.15) is 45.1 Å². The number of hydrogen-bond acceptors (Lipinski definition) is 3. The van der Waals surface area contributed by atoms with Crippen molar-refractivity contribution in [1.82, 2.24) is 14.9 Å². The summed E-state index contributed by atoms with van der Waals surface area (Å²) in [7, 11) is 1.86. The standard InChI is InChI=1S/C18H26N4O.ClH/c1-13(12-19-2)17(23)21-18-20-15-10-6-7-11-16(15)22(18)14-8-4-3-5-9-14;/h6-7,10-11,13-14,19H,3-5,8-9,12H2,1-2H3,(H,20,21,23);1H. The molecule has 132 valence electrons. The van der Waals surface area contributed by atoms with E-state index in [0.29, 0.717) is 18.5 Å². The Morgan fingerprint density at radius 3 is 2.71 bits per heavy atom. The number of amides is 1. The summed E-state index contributed by atoms with van der Waals surface area (Å²) in [5.41, 5.74) is 2.07. The maximum Gasteiger partial charge on any atom is 0.230 e. The van der Waals surface area contributed by atoms with E-state index >= 15 is 0 Å². The molecule has 24 heavy (non-hydrogen) atoms. The van der Waals surface area contributed by atoms with Gasteiger partial charge in [-0.3, -0.25) is 10.1 Å². The van der Waals surface area contributed by atoms with Crippen LogP contribution in [-0.4, -0.2) is 29.1 Å². The van der Waals surface area contributed by atoms with Gasteiger partial charge < -0.3 is 9.88 Å². The molecule has 3 rings (SSSR count). The highest BCUT2D eigenvalue weighted by atomic mass is 35.5. The molecule has 1 aliphatic carbocycles. The molecule has 1 saturated carbocycles. The average Bonchev–Trinajstić information content (AvgIpc) is 2.93. The van der Waals surface area contributed by atoms with E-state index in [-0.39, 0.29) is 24.2 Å². The largest absolute Gasteiger partial charge is 0.319 e. The van der Waals surface area contributed by atoms with E-state index in [0.717, 1.165) is 23.9 Å². The zero-order valence-corrected chi connectivity index (χ0v) is 15.2.